The van der Waals surface area contributed by atoms with Gasteiger partial charge in [0.05, 0.1) is 6.20 Å². The number of aryl methyl sites for hydroxylation is 1. The van der Waals surface area contributed by atoms with Crippen LogP contribution in [0.25, 0.3) is 0 Å². The lowest BCUT2D eigenvalue weighted by atomic mass is 10.1. The highest BCUT2D eigenvalue weighted by Crippen LogP contribution is 2.10. The number of nitrogens with zero attached hydrogens (tertiary/aromatic N) is 2. The first-order valence-electron chi connectivity index (χ1n) is 5.81. The maximum absolute atomic E-state index is 4.17. The Morgan fingerprint density at radius 1 is 1.40 bits per heavy atom. The van der Waals surface area contributed by atoms with E-state index < -0.39 is 0 Å². The molecular formula is C12H23N3. The summed E-state index contributed by atoms with van der Waals surface area (Å²) in [6.07, 6.45) is 6.55. The third-order valence-electron chi connectivity index (χ3n) is 2.63. The summed E-state index contributed by atoms with van der Waals surface area (Å²) in [5, 5.41) is 7.69. The lowest BCUT2D eigenvalue weighted by Gasteiger charge is -2.12. The predicted molar refractivity (Wildman–Crippen MR) is 63.7 cm³/mol. The van der Waals surface area contributed by atoms with Crippen LogP contribution in [-0.2, 0) is 7.05 Å². The molecule has 15 heavy (non-hydrogen) atoms. The Hall–Kier alpha value is -0.830. The van der Waals surface area contributed by atoms with Crippen molar-refractivity contribution in [2.24, 2.45) is 13.0 Å². The molecule has 86 valence electrons. The van der Waals surface area contributed by atoms with Gasteiger partial charge in [-0.3, -0.25) is 4.68 Å². The van der Waals surface area contributed by atoms with Crippen molar-refractivity contribution >= 4 is 0 Å². The van der Waals surface area contributed by atoms with Gasteiger partial charge in [-0.15, -0.1) is 0 Å². The van der Waals surface area contributed by atoms with E-state index in [1.807, 2.05) is 17.9 Å². The van der Waals surface area contributed by atoms with Crippen LogP contribution >= 0.6 is 0 Å². The smallest absolute Gasteiger partial charge is 0.0537 e. The summed E-state index contributed by atoms with van der Waals surface area (Å²) in [6, 6.07) is 0.408. The molecule has 0 aliphatic rings. The normalized spacial score (nSPS) is 13.4. The van der Waals surface area contributed by atoms with Gasteiger partial charge in [0.15, 0.2) is 0 Å². The third-order valence-corrected chi connectivity index (χ3v) is 2.63. The SMILES string of the molecule is CC(C)CCCNC(C)c1cnn(C)c1. The van der Waals surface area contributed by atoms with Gasteiger partial charge >= 0.3 is 0 Å². The largest absolute Gasteiger partial charge is 0.310 e. The molecule has 0 radical (unpaired) electrons. The molecule has 1 aromatic rings. The topological polar surface area (TPSA) is 29.9 Å². The van der Waals surface area contributed by atoms with Crippen molar-refractivity contribution in [3.8, 4) is 0 Å². The van der Waals surface area contributed by atoms with E-state index in [2.05, 4.69) is 37.4 Å². The van der Waals surface area contributed by atoms with Crippen molar-refractivity contribution in [1.29, 1.82) is 0 Å². The van der Waals surface area contributed by atoms with Crippen LogP contribution < -0.4 is 5.32 Å². The number of nitrogens with one attached hydrogen (secondary N) is 1. The molecular weight excluding hydrogens is 186 g/mol. The molecule has 0 saturated carbocycles. The molecule has 0 aliphatic carbocycles. The van der Waals surface area contributed by atoms with Crippen LogP contribution in [0.1, 0.15) is 45.2 Å². The summed E-state index contributed by atoms with van der Waals surface area (Å²) < 4.78 is 1.85. The first kappa shape index (κ1) is 12.2. The van der Waals surface area contributed by atoms with E-state index in [4.69, 9.17) is 0 Å². The molecule has 0 aliphatic heterocycles. The highest BCUT2D eigenvalue weighted by Gasteiger charge is 2.05. The lowest BCUT2D eigenvalue weighted by Crippen LogP contribution is -2.19. The quantitative estimate of drug-likeness (QED) is 0.730. The second-order valence-corrected chi connectivity index (χ2v) is 4.66. The van der Waals surface area contributed by atoms with Crippen LogP contribution in [0.15, 0.2) is 12.4 Å². The molecule has 1 unspecified atom stereocenters. The van der Waals surface area contributed by atoms with Gasteiger partial charge in [-0.25, -0.2) is 0 Å². The summed E-state index contributed by atoms with van der Waals surface area (Å²) in [4.78, 5) is 0. The number of rotatable bonds is 6. The maximum Gasteiger partial charge on any atom is 0.0537 e. The Labute approximate surface area is 92.9 Å². The van der Waals surface area contributed by atoms with Crippen molar-refractivity contribution in [3.05, 3.63) is 18.0 Å². The minimum atomic E-state index is 0.408. The molecule has 3 nitrogen and oxygen atoms in total. The van der Waals surface area contributed by atoms with Crippen LogP contribution in [0.5, 0.6) is 0 Å². The van der Waals surface area contributed by atoms with Crippen molar-refractivity contribution in [1.82, 2.24) is 15.1 Å². The van der Waals surface area contributed by atoms with E-state index in [0.717, 1.165) is 12.5 Å². The van der Waals surface area contributed by atoms with E-state index in [9.17, 15) is 0 Å². The minimum absolute atomic E-state index is 0.408. The van der Waals surface area contributed by atoms with E-state index >= 15 is 0 Å². The molecule has 3 heteroatoms. The zero-order chi connectivity index (χ0) is 11.3. The van der Waals surface area contributed by atoms with Gasteiger partial charge < -0.3 is 5.32 Å². The molecule has 0 spiro atoms. The molecule has 1 N–H and O–H groups in total. The van der Waals surface area contributed by atoms with Gasteiger partial charge in [0.1, 0.15) is 0 Å². The Morgan fingerprint density at radius 2 is 2.13 bits per heavy atom. The van der Waals surface area contributed by atoms with Crippen molar-refractivity contribution in [3.63, 3.8) is 0 Å². The molecule has 1 atom stereocenters. The molecule has 0 saturated heterocycles. The number of hydrogen-bond acceptors (Lipinski definition) is 2. The van der Waals surface area contributed by atoms with Crippen LogP contribution in [0.2, 0.25) is 0 Å². The minimum Gasteiger partial charge on any atom is -0.310 e. The van der Waals surface area contributed by atoms with Crippen LogP contribution in [-0.4, -0.2) is 16.3 Å². The molecule has 0 bridgehead atoms. The second-order valence-electron chi connectivity index (χ2n) is 4.66. The molecule has 0 amide bonds. The third kappa shape index (κ3) is 4.47. The van der Waals surface area contributed by atoms with Crippen molar-refractivity contribution in [2.75, 3.05) is 6.54 Å². The van der Waals surface area contributed by atoms with Crippen LogP contribution in [0.4, 0.5) is 0 Å². The summed E-state index contributed by atoms with van der Waals surface area (Å²) in [7, 11) is 1.95. The average Bonchev–Trinajstić information content (AvgIpc) is 2.59. The van der Waals surface area contributed by atoms with E-state index in [1.54, 1.807) is 0 Å². The molecule has 1 heterocycles. The lowest BCUT2D eigenvalue weighted by molar-refractivity contribution is 0.497. The van der Waals surface area contributed by atoms with Crippen LogP contribution in [0.3, 0.4) is 0 Å². The Kier molecular flexibility index (Phi) is 4.82. The Balaban J connectivity index is 2.21. The molecule has 0 fully saturated rings. The number of aromatic nitrogens is 2. The highest BCUT2D eigenvalue weighted by molar-refractivity contribution is 5.08. The fourth-order valence-electron chi connectivity index (χ4n) is 1.61. The molecule has 1 aromatic heterocycles. The second kappa shape index (κ2) is 5.91. The summed E-state index contributed by atoms with van der Waals surface area (Å²) in [6.45, 7) is 7.82. The Bertz CT molecular complexity index is 278. The van der Waals surface area contributed by atoms with Gasteiger partial charge in [0.25, 0.3) is 0 Å². The van der Waals surface area contributed by atoms with Gasteiger partial charge in [0.2, 0.25) is 0 Å². The van der Waals surface area contributed by atoms with Gasteiger partial charge in [-0.2, -0.15) is 5.10 Å². The van der Waals surface area contributed by atoms with Gasteiger partial charge in [-0.1, -0.05) is 13.8 Å². The molecule has 0 aromatic carbocycles. The fraction of sp³-hybridized carbons (Fsp3) is 0.750. The van der Waals surface area contributed by atoms with Gasteiger partial charge in [0, 0.05) is 24.8 Å². The van der Waals surface area contributed by atoms with E-state index in [0.29, 0.717) is 6.04 Å². The summed E-state index contributed by atoms with van der Waals surface area (Å²) in [5.41, 5.74) is 1.27. The summed E-state index contributed by atoms with van der Waals surface area (Å²) >= 11 is 0. The zero-order valence-electron chi connectivity index (χ0n) is 10.3. The highest BCUT2D eigenvalue weighted by atomic mass is 15.2. The maximum atomic E-state index is 4.17. The zero-order valence-corrected chi connectivity index (χ0v) is 10.3. The standard InChI is InChI=1S/C12H23N3/c1-10(2)6-5-7-13-11(3)12-8-14-15(4)9-12/h8-11,13H,5-7H2,1-4H3. The number of hydrogen-bond donors (Lipinski definition) is 1. The van der Waals surface area contributed by atoms with Crippen LogP contribution in [0, 0.1) is 5.92 Å². The molecule has 1 rings (SSSR count). The fourth-order valence-corrected chi connectivity index (χ4v) is 1.61. The monoisotopic (exact) mass is 209 g/mol. The summed E-state index contributed by atoms with van der Waals surface area (Å²) in [5.74, 6) is 0.806. The first-order chi connectivity index (χ1) is 7.09. The van der Waals surface area contributed by atoms with Crippen molar-refractivity contribution in [2.45, 2.75) is 39.7 Å². The average molecular weight is 209 g/mol. The van der Waals surface area contributed by atoms with Crippen molar-refractivity contribution < 1.29 is 0 Å². The Morgan fingerprint density at radius 3 is 2.67 bits per heavy atom. The first-order valence-corrected chi connectivity index (χ1v) is 5.81. The van der Waals surface area contributed by atoms with E-state index in [-0.39, 0.29) is 0 Å². The van der Waals surface area contributed by atoms with Gasteiger partial charge in [-0.05, 0) is 32.2 Å². The van der Waals surface area contributed by atoms with E-state index in [1.165, 1.54) is 18.4 Å². The predicted octanol–water partition coefficient (Wildman–Crippen LogP) is 2.51.